The first kappa shape index (κ1) is 33.4. The van der Waals surface area contributed by atoms with Gasteiger partial charge in [0.2, 0.25) is 0 Å². The average molecular weight is 373 g/mol. The molecule has 0 fully saturated rings. The van der Waals surface area contributed by atoms with E-state index in [-0.39, 0.29) is 29.7 Å². The first-order chi connectivity index (χ1) is 7.12. The van der Waals surface area contributed by atoms with Gasteiger partial charge in [-0.05, 0) is 71.1 Å². The van der Waals surface area contributed by atoms with Crippen molar-refractivity contribution in [3.63, 3.8) is 0 Å². The van der Waals surface area contributed by atoms with Gasteiger partial charge in [0, 0.05) is 0 Å². The normalized spacial score (nSPS) is 12.3. The smallest absolute Gasteiger partial charge is 0.173 e. The zero-order valence-corrected chi connectivity index (χ0v) is 17.5. The fraction of sp³-hybridized carbons (Fsp3) is 1.00. The molecule has 2 nitrogen and oxygen atoms in total. The Balaban J connectivity index is -0.000000213. The molecule has 0 aromatic carbocycles. The van der Waals surface area contributed by atoms with Crippen LogP contribution in [0.2, 0.25) is 71.1 Å². The predicted octanol–water partition coefficient (Wildman–Crippen LogP) is 7.18. The quantitative estimate of drug-likeness (QED) is 0.459. The molecule has 0 saturated heterocycles. The summed E-state index contributed by atoms with van der Waals surface area (Å²) in [6, 6.07) is 0. The lowest BCUT2D eigenvalue weighted by molar-refractivity contribution is 0.531. The van der Waals surface area contributed by atoms with Crippen molar-refractivity contribution in [3.8, 4) is 0 Å². The topological polar surface area (TPSA) is 18.5 Å². The largest absolute Gasteiger partial charge is 0.456 e. The Morgan fingerprint density at radius 3 is 0.810 bits per heavy atom. The van der Waals surface area contributed by atoms with Gasteiger partial charge in [-0.25, -0.2) is 0 Å². The highest BCUT2D eigenvalue weighted by Gasteiger charge is 2.39. The highest BCUT2D eigenvalue weighted by Crippen LogP contribution is 2.27. The molecule has 0 aliphatic carbocycles. The van der Waals surface area contributed by atoms with Crippen LogP contribution in [0.15, 0.2) is 0 Å². The zero-order valence-electron chi connectivity index (χ0n) is 13.5. The van der Waals surface area contributed by atoms with E-state index in [9.17, 15) is 0 Å². The highest BCUT2D eigenvalue weighted by atomic mass is 28.5. The molecule has 0 aromatic heterocycles. The third kappa shape index (κ3) is 20.8. The molecule has 0 radical (unpaired) electrons. The molecule has 0 aliphatic rings. The Morgan fingerprint density at radius 1 is 0.476 bits per heavy atom. The van der Waals surface area contributed by atoms with Gasteiger partial charge in [-0.3, -0.25) is 0 Å². The zero-order chi connectivity index (χ0) is 14.1. The molecule has 6 heteroatoms. The van der Waals surface area contributed by atoms with Gasteiger partial charge in [-0.2, -0.15) is 0 Å². The van der Waals surface area contributed by atoms with Gasteiger partial charge >= 0.3 is 0 Å². The van der Waals surface area contributed by atoms with E-state index in [1.165, 1.54) is 5.67 Å². The van der Waals surface area contributed by atoms with E-state index in [1.807, 2.05) is 0 Å². The van der Waals surface area contributed by atoms with Crippen LogP contribution in [-0.4, -0.2) is 33.3 Å². The van der Waals surface area contributed by atoms with Gasteiger partial charge < -0.3 is 8.23 Å². The summed E-state index contributed by atoms with van der Waals surface area (Å²) in [6.45, 7) is 23.1. The lowest BCUT2D eigenvalue weighted by atomic mass is 11.8. The molecule has 0 unspecified atom stereocenters. The molecule has 0 N–H and O–H groups in total. The number of hydrogen-bond acceptors (Lipinski definition) is 2. The number of rotatable bonds is 6. The maximum Gasteiger partial charge on any atom is 0.173 e. The minimum absolute atomic E-state index is 0. The fourth-order valence-electron chi connectivity index (χ4n) is 2.76. The first-order valence-corrected chi connectivity index (χ1v) is 19.6. The molecule has 0 rings (SSSR count). The Bertz CT molecular complexity index is 227. The molecule has 21 heavy (non-hydrogen) atoms. The summed E-state index contributed by atoms with van der Waals surface area (Å²) in [5.74, 6) is 0. The minimum Gasteiger partial charge on any atom is -0.456 e. The van der Waals surface area contributed by atoms with Crippen molar-refractivity contribution in [2.45, 2.75) is 101 Å². The summed E-state index contributed by atoms with van der Waals surface area (Å²) >= 11 is 0. The van der Waals surface area contributed by atoms with Crippen LogP contribution in [0, 0.1) is 0 Å². The summed E-state index contributed by atoms with van der Waals surface area (Å²) in [4.78, 5) is 0. The Labute approximate surface area is 142 Å². The standard InChI is InChI=1S/C11H32O2Si4.4CH4/c1-14(2,3)12-16(7,8)11-17(9,10)13-15(4,5)6;;;;/h11H2,1-10H3;4*1H4. The van der Waals surface area contributed by atoms with Crippen molar-refractivity contribution in [2.24, 2.45) is 0 Å². The van der Waals surface area contributed by atoms with Crippen LogP contribution < -0.4 is 0 Å². The van der Waals surface area contributed by atoms with Gasteiger partial charge in [0.15, 0.2) is 33.3 Å². The molecule has 0 spiro atoms. The molecular formula is C15H48O2Si4. The average Bonchev–Trinajstić information content (AvgIpc) is 1.65. The van der Waals surface area contributed by atoms with Gasteiger partial charge in [0.1, 0.15) is 0 Å². The Hall–Kier alpha value is 0.788. The SMILES string of the molecule is C.C.C.C.C[Si](C)(C)O[Si](C)(C)C[Si](C)(C)O[Si](C)(C)C. The second kappa shape index (κ2) is 10.5. The minimum atomic E-state index is -1.55. The van der Waals surface area contributed by atoms with Gasteiger partial charge in [-0.1, -0.05) is 29.7 Å². The van der Waals surface area contributed by atoms with Crippen LogP contribution >= 0.6 is 0 Å². The van der Waals surface area contributed by atoms with Gasteiger partial charge in [0.05, 0.1) is 0 Å². The van der Waals surface area contributed by atoms with E-state index in [2.05, 4.69) is 65.5 Å². The molecule has 0 aromatic rings. The van der Waals surface area contributed by atoms with E-state index in [0.29, 0.717) is 0 Å². The summed E-state index contributed by atoms with van der Waals surface area (Å²) in [5.41, 5.74) is 1.22. The van der Waals surface area contributed by atoms with Crippen LogP contribution in [0.3, 0.4) is 0 Å². The molecule has 136 valence electrons. The summed E-state index contributed by atoms with van der Waals surface area (Å²) in [7, 11) is -5.93. The van der Waals surface area contributed by atoms with Crippen LogP contribution in [-0.2, 0) is 8.23 Å². The lowest BCUT2D eigenvalue weighted by Gasteiger charge is -2.39. The van der Waals surface area contributed by atoms with Crippen LogP contribution in [0.25, 0.3) is 0 Å². The van der Waals surface area contributed by atoms with E-state index in [4.69, 9.17) is 8.23 Å². The van der Waals surface area contributed by atoms with Crippen LogP contribution in [0.5, 0.6) is 0 Å². The monoisotopic (exact) mass is 372 g/mol. The molecule has 0 saturated carbocycles. The van der Waals surface area contributed by atoms with Crippen molar-refractivity contribution < 1.29 is 8.23 Å². The summed E-state index contributed by atoms with van der Waals surface area (Å²) in [6.07, 6.45) is 0. The van der Waals surface area contributed by atoms with Crippen LogP contribution in [0.4, 0.5) is 0 Å². The molecule has 0 bridgehead atoms. The molecule has 0 atom stereocenters. The van der Waals surface area contributed by atoms with Crippen molar-refractivity contribution in [1.29, 1.82) is 0 Å². The molecular weight excluding hydrogens is 325 g/mol. The maximum absolute atomic E-state index is 6.42. The van der Waals surface area contributed by atoms with Crippen molar-refractivity contribution >= 4 is 33.3 Å². The van der Waals surface area contributed by atoms with Gasteiger partial charge in [-0.15, -0.1) is 0 Å². The van der Waals surface area contributed by atoms with Crippen LogP contribution in [0.1, 0.15) is 29.7 Å². The Morgan fingerprint density at radius 2 is 0.667 bits per heavy atom. The highest BCUT2D eigenvalue weighted by molar-refractivity contribution is 6.96. The summed E-state index contributed by atoms with van der Waals surface area (Å²) < 4.78 is 12.8. The second-order valence-electron chi connectivity index (χ2n) is 8.13. The van der Waals surface area contributed by atoms with E-state index >= 15 is 0 Å². The Kier molecular flexibility index (Phi) is 16.8. The molecule has 0 aliphatic heterocycles. The van der Waals surface area contributed by atoms with Crippen molar-refractivity contribution in [1.82, 2.24) is 0 Å². The first-order valence-electron chi connectivity index (χ1n) is 6.52. The maximum atomic E-state index is 6.42. The van der Waals surface area contributed by atoms with Gasteiger partial charge in [0.25, 0.3) is 0 Å². The number of hydrogen-bond donors (Lipinski definition) is 0. The van der Waals surface area contributed by atoms with E-state index < -0.39 is 33.3 Å². The summed E-state index contributed by atoms with van der Waals surface area (Å²) in [5, 5.41) is 0. The van der Waals surface area contributed by atoms with Crippen molar-refractivity contribution in [2.75, 3.05) is 0 Å². The predicted molar refractivity (Wildman–Crippen MR) is 116 cm³/mol. The fourth-order valence-corrected chi connectivity index (χ4v) is 26.1. The molecule has 0 heterocycles. The third-order valence-corrected chi connectivity index (χ3v) is 18.1. The van der Waals surface area contributed by atoms with Crippen molar-refractivity contribution in [3.05, 3.63) is 0 Å². The van der Waals surface area contributed by atoms with E-state index in [1.54, 1.807) is 0 Å². The second-order valence-corrected chi connectivity index (χ2v) is 26.7. The lowest BCUT2D eigenvalue weighted by Crippen LogP contribution is -2.52. The van der Waals surface area contributed by atoms with E-state index in [0.717, 1.165) is 0 Å². The third-order valence-electron chi connectivity index (χ3n) is 2.02. The molecule has 0 amide bonds.